The second kappa shape index (κ2) is 7.85. The number of benzene rings is 2. The van der Waals surface area contributed by atoms with Crippen LogP contribution in [0.15, 0.2) is 59.1 Å². The molecule has 1 saturated heterocycles. The van der Waals surface area contributed by atoms with E-state index in [0.29, 0.717) is 60.0 Å². The van der Waals surface area contributed by atoms with E-state index in [2.05, 4.69) is 10.1 Å². The molecule has 1 amide bonds. The van der Waals surface area contributed by atoms with Crippen molar-refractivity contribution >= 4 is 22.6 Å². The number of hydrogen-bond acceptors (Lipinski definition) is 5. The Kier molecular flexibility index (Phi) is 4.88. The second-order valence-corrected chi connectivity index (χ2v) is 7.48. The summed E-state index contributed by atoms with van der Waals surface area (Å²) in [6.07, 6.45) is 0. The van der Waals surface area contributed by atoms with Gasteiger partial charge in [0, 0.05) is 29.6 Å². The molecule has 156 valence electrons. The number of amides is 1. The van der Waals surface area contributed by atoms with E-state index in [-0.39, 0.29) is 0 Å². The molecule has 7 nitrogen and oxygen atoms in total. The van der Waals surface area contributed by atoms with Crippen molar-refractivity contribution in [3.63, 3.8) is 0 Å². The number of aryl methyl sites for hydroxylation is 1. The second-order valence-electron chi connectivity index (χ2n) is 7.48. The van der Waals surface area contributed by atoms with Gasteiger partial charge in [-0.25, -0.2) is 0 Å². The molecular weight excluding hydrogens is 394 g/mol. The summed E-state index contributed by atoms with van der Waals surface area (Å²) in [5, 5.41) is 4.95. The molecule has 1 N–H and O–H groups in total. The van der Waals surface area contributed by atoms with Crippen molar-refractivity contribution in [2.75, 3.05) is 26.3 Å². The molecule has 0 radical (unpaired) electrons. The molecule has 0 spiro atoms. The summed E-state index contributed by atoms with van der Waals surface area (Å²) in [4.78, 5) is 31.5. The first-order chi connectivity index (χ1) is 15.1. The molecule has 2 aromatic heterocycles. The molecule has 0 unspecified atom stereocenters. The molecule has 2 aromatic carbocycles. The maximum atomic E-state index is 13.5. The Labute approximate surface area is 178 Å². The number of hydrogen-bond donors (Lipinski definition) is 1. The van der Waals surface area contributed by atoms with Gasteiger partial charge in [-0.1, -0.05) is 53.7 Å². The van der Waals surface area contributed by atoms with Crippen molar-refractivity contribution in [2.45, 2.75) is 6.92 Å². The van der Waals surface area contributed by atoms with Crippen molar-refractivity contribution < 1.29 is 18.8 Å². The number of ketones is 1. The summed E-state index contributed by atoms with van der Waals surface area (Å²) in [6.45, 7) is 3.48. The Bertz CT molecular complexity index is 1270. The van der Waals surface area contributed by atoms with Crippen LogP contribution in [0.2, 0.25) is 0 Å². The van der Waals surface area contributed by atoms with Crippen molar-refractivity contribution in [3.05, 3.63) is 65.9 Å². The summed E-state index contributed by atoms with van der Waals surface area (Å²) < 4.78 is 10.8. The van der Waals surface area contributed by atoms with Crippen LogP contribution in [0.25, 0.3) is 33.4 Å². The lowest BCUT2D eigenvalue weighted by Crippen LogP contribution is -2.44. The predicted molar refractivity (Wildman–Crippen MR) is 116 cm³/mol. The Balaban J connectivity index is 1.69. The summed E-state index contributed by atoms with van der Waals surface area (Å²) in [5.74, 6) is -0.503. The minimum absolute atomic E-state index is 0.343. The molecule has 0 atom stereocenters. The molecule has 7 heteroatoms. The largest absolute Gasteiger partial charge is 0.378 e. The SMILES string of the molecule is Cc1onc(-c2ccccc2)c1-c1[nH]c2ccccc2c1C(=O)C(=O)N1CCOCC1. The quantitative estimate of drug-likeness (QED) is 0.404. The molecule has 31 heavy (non-hydrogen) atoms. The normalized spacial score (nSPS) is 14.2. The number of carbonyl (C=O) groups excluding carboxylic acids is 2. The van der Waals surface area contributed by atoms with Gasteiger partial charge in [0.15, 0.2) is 0 Å². The molecule has 1 aliphatic heterocycles. The van der Waals surface area contributed by atoms with Crippen LogP contribution in [0.4, 0.5) is 0 Å². The van der Waals surface area contributed by atoms with Gasteiger partial charge < -0.3 is 19.1 Å². The predicted octanol–water partition coefficient (Wildman–Crippen LogP) is 3.84. The van der Waals surface area contributed by atoms with Crippen LogP contribution in [0, 0.1) is 6.92 Å². The number of rotatable bonds is 4. The zero-order valence-corrected chi connectivity index (χ0v) is 17.1. The molecule has 1 aliphatic rings. The van der Waals surface area contributed by atoms with E-state index in [1.54, 1.807) is 11.8 Å². The van der Waals surface area contributed by atoms with E-state index in [9.17, 15) is 9.59 Å². The molecule has 4 aromatic rings. The lowest BCUT2D eigenvalue weighted by molar-refractivity contribution is -0.130. The van der Waals surface area contributed by atoms with Crippen molar-refractivity contribution in [2.24, 2.45) is 0 Å². The Hall–Kier alpha value is -3.71. The molecular formula is C24H21N3O4. The number of carbonyl (C=O) groups is 2. The minimum atomic E-state index is -0.547. The van der Waals surface area contributed by atoms with E-state index in [1.807, 2.05) is 54.6 Å². The third-order valence-electron chi connectivity index (χ3n) is 5.59. The molecule has 0 saturated carbocycles. The first-order valence-corrected chi connectivity index (χ1v) is 10.2. The Morgan fingerprint density at radius 1 is 1.00 bits per heavy atom. The van der Waals surface area contributed by atoms with Crippen LogP contribution in [0.1, 0.15) is 16.1 Å². The van der Waals surface area contributed by atoms with Gasteiger partial charge in [-0.15, -0.1) is 0 Å². The van der Waals surface area contributed by atoms with Gasteiger partial charge in [0.25, 0.3) is 11.7 Å². The van der Waals surface area contributed by atoms with Gasteiger partial charge >= 0.3 is 0 Å². The maximum Gasteiger partial charge on any atom is 0.295 e. The van der Waals surface area contributed by atoms with E-state index in [1.165, 1.54) is 0 Å². The van der Waals surface area contributed by atoms with Crippen LogP contribution < -0.4 is 0 Å². The molecule has 5 rings (SSSR count). The summed E-state index contributed by atoms with van der Waals surface area (Å²) in [5.41, 5.74) is 3.83. The standard InChI is InChI=1S/C24H21N3O4/c1-15-19(21(26-31-15)16-7-3-2-4-8-16)22-20(17-9-5-6-10-18(17)25-22)23(28)24(29)27-11-13-30-14-12-27/h2-10,25H,11-14H2,1H3. The van der Waals surface area contributed by atoms with Crippen LogP contribution in [-0.4, -0.2) is 53.0 Å². The van der Waals surface area contributed by atoms with Gasteiger partial charge in [-0.2, -0.15) is 0 Å². The number of aromatic amines is 1. The van der Waals surface area contributed by atoms with Gasteiger partial charge in [0.1, 0.15) is 11.5 Å². The first kappa shape index (κ1) is 19.3. The fourth-order valence-corrected chi connectivity index (χ4v) is 4.04. The summed E-state index contributed by atoms with van der Waals surface area (Å²) in [7, 11) is 0. The maximum absolute atomic E-state index is 13.5. The Morgan fingerprint density at radius 3 is 2.48 bits per heavy atom. The smallest absolute Gasteiger partial charge is 0.295 e. The van der Waals surface area contributed by atoms with Crippen LogP contribution in [0.5, 0.6) is 0 Å². The number of nitrogens with zero attached hydrogens (tertiary/aromatic N) is 2. The summed E-state index contributed by atoms with van der Waals surface area (Å²) in [6, 6.07) is 17.1. The first-order valence-electron chi connectivity index (χ1n) is 10.2. The number of ether oxygens (including phenoxy) is 1. The van der Waals surface area contributed by atoms with Crippen LogP contribution >= 0.6 is 0 Å². The molecule has 1 fully saturated rings. The fraction of sp³-hybridized carbons (Fsp3) is 0.208. The zero-order valence-electron chi connectivity index (χ0n) is 17.1. The third kappa shape index (κ3) is 3.33. The van der Waals surface area contributed by atoms with Crippen molar-refractivity contribution in [1.82, 2.24) is 15.0 Å². The number of nitrogens with one attached hydrogen (secondary N) is 1. The average Bonchev–Trinajstić information content (AvgIpc) is 3.39. The summed E-state index contributed by atoms with van der Waals surface area (Å²) >= 11 is 0. The van der Waals surface area contributed by atoms with Crippen molar-refractivity contribution in [3.8, 4) is 22.5 Å². The lowest BCUT2D eigenvalue weighted by Gasteiger charge is -2.26. The monoisotopic (exact) mass is 415 g/mol. The van der Waals surface area contributed by atoms with E-state index < -0.39 is 11.7 Å². The third-order valence-corrected chi connectivity index (χ3v) is 5.59. The number of H-pyrrole nitrogens is 1. The van der Waals surface area contributed by atoms with E-state index in [0.717, 1.165) is 11.1 Å². The number of aromatic nitrogens is 2. The number of morpholine rings is 1. The van der Waals surface area contributed by atoms with Gasteiger partial charge in [-0.3, -0.25) is 9.59 Å². The molecule has 0 bridgehead atoms. The van der Waals surface area contributed by atoms with Gasteiger partial charge in [0.2, 0.25) is 0 Å². The number of Topliss-reactive ketones (excluding diaryl/α,β-unsaturated/α-hetero) is 1. The number of para-hydroxylation sites is 1. The average molecular weight is 415 g/mol. The highest BCUT2D eigenvalue weighted by atomic mass is 16.5. The van der Waals surface area contributed by atoms with Gasteiger partial charge in [-0.05, 0) is 13.0 Å². The highest BCUT2D eigenvalue weighted by Crippen LogP contribution is 2.38. The van der Waals surface area contributed by atoms with E-state index in [4.69, 9.17) is 9.26 Å². The molecule has 3 heterocycles. The van der Waals surface area contributed by atoms with Crippen molar-refractivity contribution in [1.29, 1.82) is 0 Å². The highest BCUT2D eigenvalue weighted by molar-refractivity contribution is 6.46. The van der Waals surface area contributed by atoms with E-state index >= 15 is 0 Å². The van der Waals surface area contributed by atoms with Crippen LogP contribution in [0.3, 0.4) is 0 Å². The van der Waals surface area contributed by atoms with Crippen LogP contribution in [-0.2, 0) is 9.53 Å². The Morgan fingerprint density at radius 2 is 1.71 bits per heavy atom. The lowest BCUT2D eigenvalue weighted by atomic mass is 9.97. The fourth-order valence-electron chi connectivity index (χ4n) is 4.04. The number of fused-ring (bicyclic) bond motifs is 1. The zero-order chi connectivity index (χ0) is 21.4. The molecule has 0 aliphatic carbocycles. The topological polar surface area (TPSA) is 88.4 Å². The van der Waals surface area contributed by atoms with Gasteiger partial charge in [0.05, 0.1) is 30.0 Å². The highest BCUT2D eigenvalue weighted by Gasteiger charge is 2.32. The minimum Gasteiger partial charge on any atom is -0.378 e.